The van der Waals surface area contributed by atoms with Crippen molar-refractivity contribution in [2.45, 2.75) is 31.7 Å². The maximum Gasteiger partial charge on any atom is 0.308 e. The first-order valence-corrected chi connectivity index (χ1v) is 13.3. The normalized spacial score (nSPS) is 22.8. The summed E-state index contributed by atoms with van der Waals surface area (Å²) in [6, 6.07) is 12.6. The van der Waals surface area contributed by atoms with Crippen LogP contribution < -0.4 is 5.32 Å². The number of H-pyrrole nitrogens is 1. The molecule has 4 aromatic heterocycles. The van der Waals surface area contributed by atoms with Gasteiger partial charge >= 0.3 is 5.97 Å². The number of rotatable bonds is 5. The number of hydrogen-bond acceptors (Lipinski definition) is 7. The van der Waals surface area contributed by atoms with Crippen molar-refractivity contribution in [2.75, 3.05) is 5.32 Å². The number of hydrogen-bond donors (Lipinski definition) is 3. The zero-order valence-electron chi connectivity index (χ0n) is 20.0. The van der Waals surface area contributed by atoms with E-state index in [4.69, 9.17) is 9.97 Å². The SMILES string of the molecule is O=C(O)C1C2CCC(CC2)C1Nc1cc(-c2cc3ccccc3s2)nc(-c2[nH]nc3nc(F)c(F)cc23)n1. The number of nitrogens with one attached hydrogen (secondary N) is 2. The Morgan fingerprint density at radius 1 is 1.03 bits per heavy atom. The van der Waals surface area contributed by atoms with Gasteiger partial charge in [0, 0.05) is 16.8 Å². The number of carboxylic acid groups (broad SMARTS) is 1. The number of aromatic nitrogens is 5. The van der Waals surface area contributed by atoms with Gasteiger partial charge < -0.3 is 10.4 Å². The highest BCUT2D eigenvalue weighted by Crippen LogP contribution is 2.46. The standard InChI is InChI=1S/C27H22F2N6O2S/c28-16-10-15-23(34-35-25(15)33-24(16)29)26-30-17(19-9-14-3-1-2-4-18(14)38-19)11-20(32-26)31-22-13-7-5-12(6-8-13)21(22)27(36)37/h1-4,9-13,21-22H,5-8H2,(H,36,37)(H,30,31,32)(H,33,34,35). The molecule has 38 heavy (non-hydrogen) atoms. The third kappa shape index (κ3) is 3.80. The van der Waals surface area contributed by atoms with E-state index in [1.54, 1.807) is 11.3 Å². The Morgan fingerprint density at radius 3 is 2.61 bits per heavy atom. The number of anilines is 1. The van der Waals surface area contributed by atoms with E-state index in [0.717, 1.165) is 46.7 Å². The van der Waals surface area contributed by atoms with Gasteiger partial charge in [0.15, 0.2) is 17.3 Å². The van der Waals surface area contributed by atoms with Crippen molar-refractivity contribution < 1.29 is 18.7 Å². The molecule has 11 heteroatoms. The molecule has 0 spiro atoms. The number of carboxylic acids is 1. The van der Waals surface area contributed by atoms with Crippen molar-refractivity contribution in [2.24, 2.45) is 17.8 Å². The summed E-state index contributed by atoms with van der Waals surface area (Å²) in [6.45, 7) is 0. The summed E-state index contributed by atoms with van der Waals surface area (Å²) in [4.78, 5) is 26.2. The molecule has 4 heterocycles. The molecule has 3 aliphatic carbocycles. The van der Waals surface area contributed by atoms with Crippen molar-refractivity contribution >= 4 is 44.2 Å². The number of benzene rings is 1. The number of thiophene rings is 1. The molecular weight excluding hydrogens is 510 g/mol. The predicted molar refractivity (Wildman–Crippen MR) is 140 cm³/mol. The van der Waals surface area contributed by atoms with Gasteiger partial charge in [-0.2, -0.15) is 14.5 Å². The maximum atomic E-state index is 14.1. The maximum absolute atomic E-state index is 14.1. The molecular formula is C27H22F2N6O2S. The van der Waals surface area contributed by atoms with Gasteiger partial charge in [0.1, 0.15) is 11.5 Å². The monoisotopic (exact) mass is 532 g/mol. The summed E-state index contributed by atoms with van der Waals surface area (Å²) in [5, 5.41) is 21.6. The average Bonchev–Trinajstić information content (AvgIpc) is 3.53. The lowest BCUT2D eigenvalue weighted by Gasteiger charge is -2.47. The fraction of sp³-hybridized carbons (Fsp3) is 0.296. The molecule has 2 atom stereocenters. The van der Waals surface area contributed by atoms with Gasteiger partial charge in [0.25, 0.3) is 5.95 Å². The number of halogens is 2. The number of aromatic amines is 1. The Morgan fingerprint density at radius 2 is 1.82 bits per heavy atom. The van der Waals surface area contributed by atoms with E-state index in [2.05, 4.69) is 20.5 Å². The Balaban J connectivity index is 1.37. The van der Waals surface area contributed by atoms with Crippen LogP contribution in [0.4, 0.5) is 14.6 Å². The molecule has 3 fully saturated rings. The second kappa shape index (κ2) is 8.80. The van der Waals surface area contributed by atoms with Crippen molar-refractivity contribution in [3.63, 3.8) is 0 Å². The molecule has 0 saturated heterocycles. The summed E-state index contributed by atoms with van der Waals surface area (Å²) < 4.78 is 28.9. The fourth-order valence-electron chi connectivity index (χ4n) is 6.12. The first-order chi connectivity index (χ1) is 18.4. The van der Waals surface area contributed by atoms with Crippen LogP contribution in [-0.4, -0.2) is 42.3 Å². The lowest BCUT2D eigenvalue weighted by Crippen LogP contribution is -2.51. The second-order valence-electron chi connectivity index (χ2n) is 10.1. The smallest absolute Gasteiger partial charge is 0.308 e. The molecule has 3 saturated carbocycles. The molecule has 8 nitrogen and oxygen atoms in total. The van der Waals surface area contributed by atoms with E-state index in [1.165, 1.54) is 0 Å². The first-order valence-electron chi connectivity index (χ1n) is 12.5. The summed E-state index contributed by atoms with van der Waals surface area (Å²) >= 11 is 1.58. The Labute approximate surface area is 219 Å². The van der Waals surface area contributed by atoms with Gasteiger partial charge in [-0.1, -0.05) is 18.2 Å². The van der Waals surface area contributed by atoms with Gasteiger partial charge in [-0.3, -0.25) is 9.89 Å². The van der Waals surface area contributed by atoms with Crippen LogP contribution in [0.15, 0.2) is 42.5 Å². The van der Waals surface area contributed by atoms with E-state index in [0.29, 0.717) is 17.2 Å². The molecule has 0 amide bonds. The van der Waals surface area contributed by atoms with Crippen LogP contribution in [0.25, 0.3) is 43.2 Å². The second-order valence-corrected chi connectivity index (χ2v) is 11.1. The fourth-order valence-corrected chi connectivity index (χ4v) is 7.14. The van der Waals surface area contributed by atoms with Crippen LogP contribution in [0.1, 0.15) is 25.7 Å². The van der Waals surface area contributed by atoms with Crippen LogP contribution in [0.2, 0.25) is 0 Å². The third-order valence-electron chi connectivity index (χ3n) is 7.90. The highest BCUT2D eigenvalue weighted by molar-refractivity contribution is 7.22. The van der Waals surface area contributed by atoms with Crippen molar-refractivity contribution in [3.05, 3.63) is 54.2 Å². The summed E-state index contributed by atoms with van der Waals surface area (Å²) in [7, 11) is 0. The summed E-state index contributed by atoms with van der Waals surface area (Å²) in [5.41, 5.74) is 0.946. The minimum Gasteiger partial charge on any atom is -0.481 e. The molecule has 2 bridgehead atoms. The van der Waals surface area contributed by atoms with Crippen LogP contribution in [0.3, 0.4) is 0 Å². The summed E-state index contributed by atoms with van der Waals surface area (Å²) in [6.07, 6.45) is 3.82. The van der Waals surface area contributed by atoms with E-state index in [9.17, 15) is 18.7 Å². The van der Waals surface area contributed by atoms with E-state index < -0.39 is 23.7 Å². The predicted octanol–water partition coefficient (Wildman–Crippen LogP) is 5.88. The minimum atomic E-state index is -1.23. The molecule has 8 rings (SSSR count). The van der Waals surface area contributed by atoms with Gasteiger partial charge in [0.2, 0.25) is 0 Å². The topological polar surface area (TPSA) is 117 Å². The zero-order chi connectivity index (χ0) is 26.0. The van der Waals surface area contributed by atoms with Crippen molar-refractivity contribution in [1.29, 1.82) is 0 Å². The van der Waals surface area contributed by atoms with Crippen LogP contribution in [0, 0.1) is 29.5 Å². The van der Waals surface area contributed by atoms with E-state index in [1.807, 2.05) is 36.4 Å². The molecule has 0 aliphatic heterocycles. The lowest BCUT2D eigenvalue weighted by atomic mass is 9.61. The van der Waals surface area contributed by atoms with Gasteiger partial charge in [-0.25, -0.2) is 14.4 Å². The lowest BCUT2D eigenvalue weighted by molar-refractivity contribution is -0.148. The van der Waals surface area contributed by atoms with E-state index >= 15 is 0 Å². The molecule has 3 N–H and O–H groups in total. The molecule has 2 unspecified atom stereocenters. The largest absolute Gasteiger partial charge is 0.481 e. The van der Waals surface area contributed by atoms with Crippen LogP contribution in [-0.2, 0) is 4.79 Å². The molecule has 3 aliphatic rings. The quantitative estimate of drug-likeness (QED) is 0.242. The number of aliphatic carboxylic acids is 1. The highest BCUT2D eigenvalue weighted by atomic mass is 32.1. The third-order valence-corrected chi connectivity index (χ3v) is 9.04. The molecule has 5 aromatic rings. The van der Waals surface area contributed by atoms with Crippen molar-refractivity contribution in [3.8, 4) is 22.1 Å². The van der Waals surface area contributed by atoms with Crippen molar-refractivity contribution in [1.82, 2.24) is 25.1 Å². The first kappa shape index (κ1) is 23.2. The Bertz CT molecular complexity index is 1680. The molecule has 1 aromatic carbocycles. The van der Waals surface area contributed by atoms with Gasteiger partial charge in [-0.15, -0.1) is 11.3 Å². The number of nitrogens with zero attached hydrogens (tertiary/aromatic N) is 4. The zero-order valence-corrected chi connectivity index (χ0v) is 20.8. The van der Waals surface area contributed by atoms with E-state index in [-0.39, 0.29) is 34.7 Å². The molecule has 0 radical (unpaired) electrons. The number of carbonyl (C=O) groups is 1. The Kier molecular flexibility index (Phi) is 5.36. The number of pyridine rings is 1. The highest BCUT2D eigenvalue weighted by Gasteiger charge is 2.47. The minimum absolute atomic E-state index is 0.0137. The summed E-state index contributed by atoms with van der Waals surface area (Å²) in [5.74, 6) is -2.54. The average molecular weight is 533 g/mol. The number of fused-ring (bicyclic) bond motifs is 5. The van der Waals surface area contributed by atoms with Crippen LogP contribution in [0.5, 0.6) is 0 Å². The van der Waals surface area contributed by atoms with Gasteiger partial charge in [-0.05, 0) is 61.1 Å². The van der Waals surface area contributed by atoms with Gasteiger partial charge in [0.05, 0.1) is 21.9 Å². The molecule has 192 valence electrons. The van der Waals surface area contributed by atoms with Crippen LogP contribution >= 0.6 is 11.3 Å². The Hall–Kier alpha value is -3.99.